The van der Waals surface area contributed by atoms with Crippen LogP contribution in [0.25, 0.3) is 0 Å². The quantitative estimate of drug-likeness (QED) is 0.651. The van der Waals surface area contributed by atoms with Crippen LogP contribution in [0.3, 0.4) is 0 Å². The molecule has 15 heavy (non-hydrogen) atoms. The van der Waals surface area contributed by atoms with Gasteiger partial charge in [-0.25, -0.2) is 0 Å². The number of hydrogen-bond donors (Lipinski definition) is 0. The summed E-state index contributed by atoms with van der Waals surface area (Å²) < 4.78 is 5.48. The van der Waals surface area contributed by atoms with E-state index in [-0.39, 0.29) is 5.60 Å². The van der Waals surface area contributed by atoms with E-state index in [1.54, 1.807) is 0 Å². The Bertz CT molecular complexity index is 233. The predicted octanol–water partition coefficient (Wildman–Crippen LogP) is 3.15. The highest BCUT2D eigenvalue weighted by Crippen LogP contribution is 2.54. The Balaban J connectivity index is 2.13. The zero-order valence-electron chi connectivity index (χ0n) is 9.87. The lowest BCUT2D eigenvalue weighted by Gasteiger charge is -2.40. The summed E-state index contributed by atoms with van der Waals surface area (Å²) >= 11 is 0. The van der Waals surface area contributed by atoms with E-state index >= 15 is 0 Å². The summed E-state index contributed by atoms with van der Waals surface area (Å²) in [6, 6.07) is 0. The van der Waals surface area contributed by atoms with Crippen LogP contribution in [0.2, 0.25) is 0 Å². The third-order valence-corrected chi connectivity index (χ3v) is 4.89. The van der Waals surface area contributed by atoms with Crippen LogP contribution in [0.5, 0.6) is 0 Å². The second-order valence-electron chi connectivity index (χ2n) is 5.27. The molecule has 3 unspecified atom stereocenters. The molecule has 2 aliphatic rings. The Labute approximate surface area is 92.4 Å². The molecule has 0 aromatic carbocycles. The Morgan fingerprint density at radius 1 is 1.27 bits per heavy atom. The average molecular weight is 210 g/mol. The zero-order valence-corrected chi connectivity index (χ0v) is 9.87. The molecule has 2 fully saturated rings. The van der Waals surface area contributed by atoms with Crippen molar-refractivity contribution < 1.29 is 9.53 Å². The van der Waals surface area contributed by atoms with Crippen LogP contribution in [0.4, 0.5) is 0 Å². The second kappa shape index (κ2) is 4.15. The molecular weight excluding hydrogens is 188 g/mol. The Morgan fingerprint density at radius 2 is 2.00 bits per heavy atom. The summed E-state index contributed by atoms with van der Waals surface area (Å²) in [6.45, 7) is 4.97. The molecule has 0 aromatic heterocycles. The van der Waals surface area contributed by atoms with Gasteiger partial charge in [0.05, 0.1) is 0 Å². The van der Waals surface area contributed by atoms with Crippen LogP contribution >= 0.6 is 0 Å². The predicted molar refractivity (Wildman–Crippen MR) is 59.4 cm³/mol. The maximum atomic E-state index is 10.7. The van der Waals surface area contributed by atoms with Crippen molar-refractivity contribution >= 4 is 6.47 Å². The molecular formula is C13H22O2. The molecule has 2 nitrogen and oxygen atoms in total. The van der Waals surface area contributed by atoms with Gasteiger partial charge in [0.25, 0.3) is 6.47 Å². The van der Waals surface area contributed by atoms with Gasteiger partial charge in [0.1, 0.15) is 5.60 Å². The normalized spacial score (nSPS) is 34.4. The molecule has 2 saturated carbocycles. The molecule has 3 atom stereocenters. The summed E-state index contributed by atoms with van der Waals surface area (Å²) in [5.74, 6) is 2.39. The van der Waals surface area contributed by atoms with Gasteiger partial charge in [0.15, 0.2) is 0 Å². The van der Waals surface area contributed by atoms with E-state index in [9.17, 15) is 4.79 Å². The summed E-state index contributed by atoms with van der Waals surface area (Å²) in [7, 11) is 0. The van der Waals surface area contributed by atoms with E-state index in [1.165, 1.54) is 25.7 Å². The fourth-order valence-corrected chi connectivity index (χ4v) is 4.01. The van der Waals surface area contributed by atoms with Crippen molar-refractivity contribution in [1.82, 2.24) is 0 Å². The summed E-state index contributed by atoms with van der Waals surface area (Å²) in [4.78, 5) is 10.7. The number of carbonyl (C=O) groups excluding carboxylic acids is 1. The lowest BCUT2D eigenvalue weighted by atomic mass is 9.73. The molecule has 0 amide bonds. The van der Waals surface area contributed by atoms with Crippen LogP contribution in [-0.4, -0.2) is 12.1 Å². The molecule has 0 spiro atoms. The van der Waals surface area contributed by atoms with Crippen LogP contribution in [0.15, 0.2) is 0 Å². The van der Waals surface area contributed by atoms with Gasteiger partial charge in [-0.3, -0.25) is 4.79 Å². The first kappa shape index (κ1) is 11.0. The van der Waals surface area contributed by atoms with E-state index in [4.69, 9.17) is 4.74 Å². The van der Waals surface area contributed by atoms with Gasteiger partial charge in [0.2, 0.25) is 0 Å². The average Bonchev–Trinajstić information content (AvgIpc) is 2.88. The molecule has 86 valence electrons. The molecule has 2 heteroatoms. The number of ether oxygens (including phenoxy) is 1. The van der Waals surface area contributed by atoms with Crippen molar-refractivity contribution in [2.75, 3.05) is 0 Å². The van der Waals surface area contributed by atoms with Crippen LogP contribution in [0.1, 0.15) is 52.4 Å². The fourth-order valence-electron chi connectivity index (χ4n) is 4.01. The lowest BCUT2D eigenvalue weighted by molar-refractivity contribution is -0.154. The minimum atomic E-state index is -0.151. The monoisotopic (exact) mass is 210 g/mol. The van der Waals surface area contributed by atoms with Crippen molar-refractivity contribution in [2.45, 2.75) is 58.0 Å². The number of rotatable bonds is 5. The third-order valence-electron chi connectivity index (χ3n) is 4.89. The van der Waals surface area contributed by atoms with E-state index < -0.39 is 0 Å². The fraction of sp³-hybridized carbons (Fsp3) is 0.923. The highest BCUT2D eigenvalue weighted by Gasteiger charge is 2.50. The van der Waals surface area contributed by atoms with Gasteiger partial charge in [-0.15, -0.1) is 0 Å². The van der Waals surface area contributed by atoms with Gasteiger partial charge >= 0.3 is 0 Å². The maximum Gasteiger partial charge on any atom is 0.293 e. The first-order chi connectivity index (χ1) is 7.25. The van der Waals surface area contributed by atoms with E-state index in [2.05, 4.69) is 13.8 Å². The molecule has 0 aliphatic heterocycles. The number of hydrogen-bond acceptors (Lipinski definition) is 2. The first-order valence-corrected chi connectivity index (χ1v) is 6.37. The van der Waals surface area contributed by atoms with Gasteiger partial charge < -0.3 is 4.74 Å². The molecule has 0 heterocycles. The van der Waals surface area contributed by atoms with Crippen molar-refractivity contribution in [3.05, 3.63) is 0 Å². The van der Waals surface area contributed by atoms with E-state index in [0.717, 1.165) is 24.7 Å². The smallest absolute Gasteiger partial charge is 0.293 e. The SMILES string of the molecule is CCC(CC)(OC=O)C1CC2CCC1C2. The molecule has 0 aromatic rings. The van der Waals surface area contributed by atoms with Gasteiger partial charge in [-0.2, -0.15) is 0 Å². The Kier molecular flexibility index (Phi) is 3.03. The van der Waals surface area contributed by atoms with E-state index in [1.807, 2.05) is 0 Å². The highest BCUT2D eigenvalue weighted by atomic mass is 16.5. The second-order valence-corrected chi connectivity index (χ2v) is 5.27. The van der Waals surface area contributed by atoms with Crippen molar-refractivity contribution in [2.24, 2.45) is 17.8 Å². The largest absolute Gasteiger partial charge is 0.461 e. The number of carbonyl (C=O) groups is 1. The Hall–Kier alpha value is -0.530. The van der Waals surface area contributed by atoms with Gasteiger partial charge in [-0.05, 0) is 43.9 Å². The molecule has 0 saturated heterocycles. The van der Waals surface area contributed by atoms with Gasteiger partial charge in [0, 0.05) is 5.92 Å². The van der Waals surface area contributed by atoms with Crippen molar-refractivity contribution in [3.63, 3.8) is 0 Å². The first-order valence-electron chi connectivity index (χ1n) is 6.37. The van der Waals surface area contributed by atoms with Crippen LogP contribution in [-0.2, 0) is 9.53 Å². The third kappa shape index (κ3) is 1.68. The molecule has 0 radical (unpaired) electrons. The van der Waals surface area contributed by atoms with Crippen molar-refractivity contribution in [3.8, 4) is 0 Å². The minimum absolute atomic E-state index is 0.151. The topological polar surface area (TPSA) is 26.3 Å². The molecule has 2 rings (SSSR count). The van der Waals surface area contributed by atoms with Crippen LogP contribution < -0.4 is 0 Å². The summed E-state index contributed by atoms with van der Waals surface area (Å²) in [5, 5.41) is 0. The molecule has 0 N–H and O–H groups in total. The Morgan fingerprint density at radius 3 is 2.40 bits per heavy atom. The molecule has 2 bridgehead atoms. The maximum absolute atomic E-state index is 10.7. The highest BCUT2D eigenvalue weighted by molar-refractivity contribution is 5.38. The van der Waals surface area contributed by atoms with Crippen molar-refractivity contribution in [1.29, 1.82) is 0 Å². The summed E-state index contributed by atoms with van der Waals surface area (Å²) in [6.07, 6.45) is 7.38. The van der Waals surface area contributed by atoms with Crippen LogP contribution in [0, 0.1) is 17.8 Å². The number of fused-ring (bicyclic) bond motifs is 2. The summed E-state index contributed by atoms with van der Waals surface area (Å²) in [5.41, 5.74) is -0.151. The van der Waals surface area contributed by atoms with Gasteiger partial charge in [-0.1, -0.05) is 20.3 Å². The standard InChI is InChI=1S/C13H22O2/c1-3-13(4-2,15-9-14)12-8-10-5-6-11(12)7-10/h9-12H,3-8H2,1-2H3. The van der Waals surface area contributed by atoms with E-state index in [0.29, 0.717) is 12.4 Å². The zero-order chi connectivity index (χ0) is 10.9. The lowest BCUT2D eigenvalue weighted by Crippen LogP contribution is -2.42. The minimum Gasteiger partial charge on any atom is -0.461 e. The molecule has 2 aliphatic carbocycles.